The second kappa shape index (κ2) is 21.0. The van der Waals surface area contributed by atoms with Crippen LogP contribution in [0.4, 0.5) is 0 Å². The topological polar surface area (TPSA) is 40.2 Å². The minimum atomic E-state index is -0.724. The number of rotatable bonds is 12. The van der Waals surface area contributed by atoms with Crippen molar-refractivity contribution in [1.29, 1.82) is 0 Å². The van der Waals surface area contributed by atoms with Gasteiger partial charge in [0.1, 0.15) is 23.0 Å². The first kappa shape index (κ1) is 47.7. The van der Waals surface area contributed by atoms with Gasteiger partial charge in [0.2, 0.25) is 0 Å². The van der Waals surface area contributed by atoms with E-state index < -0.39 is 7.92 Å². The van der Waals surface area contributed by atoms with Gasteiger partial charge in [-0.2, -0.15) is 0 Å². The molecule has 10 radical (unpaired) electrons. The molecule has 6 rings (SSSR count). The third-order valence-corrected chi connectivity index (χ3v) is 13.6. The molecular weight excluding hydrogens is 777 g/mol. The molecule has 5 nitrogen and oxygen atoms in total. The Morgan fingerprint density at radius 3 is 1.10 bits per heavy atom. The van der Waals surface area contributed by atoms with Crippen LogP contribution < -0.4 is 29.6 Å². The zero-order chi connectivity index (χ0) is 41.7. The van der Waals surface area contributed by atoms with Crippen LogP contribution in [-0.4, -0.2) is 53.5 Å². The van der Waals surface area contributed by atoms with Crippen molar-refractivity contribution in [2.75, 3.05) is 42.5 Å². The van der Waals surface area contributed by atoms with Crippen LogP contribution in [0.2, 0.25) is 0 Å². The molecule has 4 aromatic carbocycles. The van der Waals surface area contributed by atoms with Crippen molar-refractivity contribution in [3.8, 4) is 23.0 Å². The number of ether oxygens (including phenoxy) is 4. The molecule has 0 saturated heterocycles. The van der Waals surface area contributed by atoms with Crippen LogP contribution in [0.25, 0.3) is 0 Å². The van der Waals surface area contributed by atoms with E-state index in [-0.39, 0.29) is 23.0 Å². The predicted molar refractivity (Wildman–Crippen MR) is 241 cm³/mol. The van der Waals surface area contributed by atoms with E-state index in [0.717, 1.165) is 23.0 Å². The largest absolute Gasteiger partial charge is 0.496 e. The van der Waals surface area contributed by atoms with Crippen molar-refractivity contribution in [3.05, 3.63) is 167 Å². The molecule has 0 unspecified atom stereocenters. The Kier molecular flexibility index (Phi) is 17.2. The summed E-state index contributed by atoms with van der Waals surface area (Å²) in [5, 5.41) is 2.71. The second-order valence-corrected chi connectivity index (χ2v) is 17.8. The Balaban J connectivity index is 0.000000256. The number of hydrogen-bond donors (Lipinski definition) is 0. The third-order valence-electron chi connectivity index (χ3n) is 11.2. The maximum Gasteiger partial charge on any atom is 0.124 e. The number of methoxy groups -OCH3 is 4. The molecule has 0 N–H and O–H groups in total. The standard InChI is InChI=1S/C27H35NO2P.C24H27O2.Fe/c1-17-13-22(14-18(2)26(17)29-8)31(23-15-19(3)27(30-9)20(4)16-23)25-12-10-11-24(25)21(5)28(6)7;1-15-11-20(12-16(2)23(15)25-5)22(19-9-7-8-10-19)21-13-17(3)24(26-6)18(4)14-21;/h10-16,21H,1-9H3;7-14,22H,1-6H3;/t21-;;/m1../s1. The van der Waals surface area contributed by atoms with E-state index in [4.69, 9.17) is 18.9 Å². The van der Waals surface area contributed by atoms with Crippen molar-refractivity contribution in [2.24, 2.45) is 0 Å². The first-order chi connectivity index (χ1) is 27.1. The SMILES string of the molecule is COc1c(C)cc(C([C]2[CH][CH][CH][CH]2)c2cc(C)c(OC)c(C)c2)cc1C.COc1c(C)cc(P([C]2[CH][CH][CH][C]2[C@@H](C)N(C)C)c2cc(C)c(OC)c(C)c2)cc1C.[Fe]. The smallest absolute Gasteiger partial charge is 0.124 e. The van der Waals surface area contributed by atoms with E-state index in [9.17, 15) is 0 Å². The molecule has 0 bridgehead atoms. The molecule has 0 amide bonds. The summed E-state index contributed by atoms with van der Waals surface area (Å²) < 4.78 is 22.4. The van der Waals surface area contributed by atoms with Crippen molar-refractivity contribution < 1.29 is 36.0 Å². The third kappa shape index (κ3) is 10.3. The van der Waals surface area contributed by atoms with E-state index >= 15 is 0 Å². The first-order valence-corrected chi connectivity index (χ1v) is 21.0. The van der Waals surface area contributed by atoms with Gasteiger partial charge in [0.05, 0.1) is 28.4 Å². The van der Waals surface area contributed by atoms with Crippen LogP contribution in [0.15, 0.2) is 48.5 Å². The summed E-state index contributed by atoms with van der Waals surface area (Å²) >= 11 is 0. The summed E-state index contributed by atoms with van der Waals surface area (Å²) in [6.45, 7) is 19.3. The van der Waals surface area contributed by atoms with E-state index in [0.29, 0.717) is 6.04 Å². The Morgan fingerprint density at radius 2 is 0.793 bits per heavy atom. The number of benzene rings is 4. The maximum atomic E-state index is 5.65. The van der Waals surface area contributed by atoms with Crippen molar-refractivity contribution >= 4 is 18.5 Å². The minimum absolute atomic E-state index is 0. The van der Waals surface area contributed by atoms with Gasteiger partial charge in [-0.1, -0.05) is 24.3 Å². The van der Waals surface area contributed by atoms with Crippen molar-refractivity contribution in [3.63, 3.8) is 0 Å². The zero-order valence-electron chi connectivity index (χ0n) is 37.2. The summed E-state index contributed by atoms with van der Waals surface area (Å²) in [7, 11) is 10.5. The average Bonchev–Trinajstić information content (AvgIpc) is 3.85. The quantitative estimate of drug-likeness (QED) is 0.105. The Labute approximate surface area is 364 Å². The summed E-state index contributed by atoms with van der Waals surface area (Å²) in [5.41, 5.74) is 13.4. The molecule has 2 fully saturated rings. The van der Waals surface area contributed by atoms with Gasteiger partial charge in [0.25, 0.3) is 0 Å². The molecular formula is C51H62FeNO4P. The van der Waals surface area contributed by atoms with Gasteiger partial charge in [0, 0.05) is 40.6 Å². The fourth-order valence-electron chi connectivity index (χ4n) is 8.55. The number of aryl methyl sites for hydroxylation is 8. The Bertz CT molecular complexity index is 1790. The molecule has 58 heavy (non-hydrogen) atoms. The van der Waals surface area contributed by atoms with E-state index in [1.54, 1.807) is 28.4 Å². The van der Waals surface area contributed by atoms with Gasteiger partial charge in [0.15, 0.2) is 0 Å². The zero-order valence-corrected chi connectivity index (χ0v) is 39.2. The molecule has 0 aromatic heterocycles. The normalized spacial score (nSPS) is 15.4. The fraction of sp³-hybridized carbons (Fsp3) is 0.333. The first-order valence-electron chi connectivity index (χ1n) is 19.7. The van der Waals surface area contributed by atoms with Gasteiger partial charge in [-0.3, -0.25) is 0 Å². The summed E-state index contributed by atoms with van der Waals surface area (Å²) in [6, 6.07) is 18.6. The Hall–Kier alpha value is -3.01. The molecule has 7 heteroatoms. The van der Waals surface area contributed by atoms with Crippen molar-refractivity contribution in [1.82, 2.24) is 4.90 Å². The van der Waals surface area contributed by atoms with Gasteiger partial charge >= 0.3 is 0 Å². The maximum absolute atomic E-state index is 5.65. The molecule has 2 saturated carbocycles. The molecule has 0 heterocycles. The van der Waals surface area contributed by atoms with Crippen molar-refractivity contribution in [2.45, 2.75) is 74.3 Å². The van der Waals surface area contributed by atoms with Gasteiger partial charge in [-0.05, 0) is 226 Å². The summed E-state index contributed by atoms with van der Waals surface area (Å²) in [4.78, 5) is 2.28. The average molecular weight is 840 g/mol. The monoisotopic (exact) mass is 839 g/mol. The van der Waals surface area contributed by atoms with E-state index in [2.05, 4.69) is 175 Å². The van der Waals surface area contributed by atoms with E-state index in [1.165, 1.54) is 83.7 Å². The minimum Gasteiger partial charge on any atom is -0.496 e. The van der Waals surface area contributed by atoms with Crippen LogP contribution in [0.3, 0.4) is 0 Å². The molecule has 1 atom stereocenters. The van der Waals surface area contributed by atoms with Gasteiger partial charge in [-0.15, -0.1) is 0 Å². The summed E-state index contributed by atoms with van der Waals surface area (Å²) in [5.74, 6) is 6.78. The van der Waals surface area contributed by atoms with Crippen LogP contribution in [0, 0.1) is 118 Å². The molecule has 4 aromatic rings. The van der Waals surface area contributed by atoms with Crippen LogP contribution in [0.1, 0.15) is 68.5 Å². The summed E-state index contributed by atoms with van der Waals surface area (Å²) in [6.07, 6.45) is 15.4. The molecule has 2 aliphatic carbocycles. The second-order valence-electron chi connectivity index (χ2n) is 15.6. The van der Waals surface area contributed by atoms with Gasteiger partial charge < -0.3 is 23.8 Å². The van der Waals surface area contributed by atoms with Crippen LogP contribution in [0.5, 0.6) is 23.0 Å². The van der Waals surface area contributed by atoms with Crippen LogP contribution in [-0.2, 0) is 17.1 Å². The van der Waals surface area contributed by atoms with Gasteiger partial charge in [-0.25, -0.2) is 0 Å². The number of nitrogens with zero attached hydrogens (tertiary/aromatic N) is 1. The Morgan fingerprint density at radius 1 is 0.466 bits per heavy atom. The number of hydrogen-bond acceptors (Lipinski definition) is 5. The van der Waals surface area contributed by atoms with Crippen LogP contribution >= 0.6 is 7.92 Å². The fourth-order valence-corrected chi connectivity index (χ4v) is 11.4. The molecule has 0 spiro atoms. The molecule has 2 aliphatic rings. The molecule has 0 aliphatic heterocycles. The van der Waals surface area contributed by atoms with E-state index in [1.807, 2.05) is 0 Å². The molecule has 308 valence electrons. The predicted octanol–water partition coefficient (Wildman–Crippen LogP) is 10.5.